The van der Waals surface area contributed by atoms with E-state index in [1.807, 2.05) is 10.7 Å². The highest BCUT2D eigenvalue weighted by Crippen LogP contribution is 2.40. The van der Waals surface area contributed by atoms with Gasteiger partial charge >= 0.3 is 0 Å². The Labute approximate surface area is 299 Å². The average molecular weight is 665 g/mol. The molecule has 0 fully saturated rings. The van der Waals surface area contributed by atoms with Crippen LogP contribution in [0.1, 0.15) is 0 Å². The molecule has 0 bridgehead atoms. The van der Waals surface area contributed by atoms with Gasteiger partial charge in [-0.25, -0.2) is 0 Å². The van der Waals surface area contributed by atoms with Gasteiger partial charge in [-0.2, -0.15) is 0 Å². The quantitative estimate of drug-likeness (QED) is 0.187. The van der Waals surface area contributed by atoms with Gasteiger partial charge in [0, 0.05) is 43.7 Å². The summed E-state index contributed by atoms with van der Waals surface area (Å²) in [5.41, 5.74) is 13.8. The van der Waals surface area contributed by atoms with Gasteiger partial charge in [0.05, 0.1) is 33.1 Å². The molecule has 52 heavy (non-hydrogen) atoms. The van der Waals surface area contributed by atoms with Crippen LogP contribution in [-0.4, -0.2) is 13.8 Å². The van der Waals surface area contributed by atoms with Crippen LogP contribution in [0, 0.1) is 0 Å². The molecule has 0 saturated heterocycles. The Morgan fingerprint density at radius 2 is 0.654 bits per heavy atom. The number of fused-ring (bicyclic) bond motifs is 9. The largest absolute Gasteiger partial charge is 0.339 e. The first kappa shape index (κ1) is 28.8. The molecule has 0 atom stereocenters. The van der Waals surface area contributed by atoms with Crippen molar-refractivity contribution in [2.24, 2.45) is 0 Å². The van der Waals surface area contributed by atoms with Crippen LogP contribution in [0.5, 0.6) is 0 Å². The van der Waals surface area contributed by atoms with Crippen molar-refractivity contribution < 1.29 is 0 Å². The van der Waals surface area contributed by atoms with Crippen molar-refractivity contribution in [2.45, 2.75) is 0 Å². The zero-order valence-electron chi connectivity index (χ0n) is 28.2. The van der Waals surface area contributed by atoms with E-state index in [1.54, 1.807) is 0 Å². The molecular formula is C48H32N4. The predicted molar refractivity (Wildman–Crippen MR) is 219 cm³/mol. The number of benzene rings is 8. The Morgan fingerprint density at radius 3 is 1.25 bits per heavy atom. The molecule has 11 rings (SSSR count). The fourth-order valence-corrected chi connectivity index (χ4v) is 8.42. The second kappa shape index (κ2) is 11.0. The van der Waals surface area contributed by atoms with Gasteiger partial charge < -0.3 is 15.0 Å². The molecule has 244 valence electrons. The summed E-state index contributed by atoms with van der Waals surface area (Å²) in [5, 5.41) is 7.29. The lowest BCUT2D eigenvalue weighted by Gasteiger charge is -2.10. The minimum absolute atomic E-state index is 1.02. The van der Waals surface area contributed by atoms with E-state index in [-0.39, 0.29) is 0 Å². The molecule has 4 nitrogen and oxygen atoms in total. The van der Waals surface area contributed by atoms with Crippen molar-refractivity contribution >= 4 is 65.4 Å². The zero-order chi connectivity index (χ0) is 34.3. The Hall–Kier alpha value is -7.04. The van der Waals surface area contributed by atoms with Gasteiger partial charge in [-0.05, 0) is 89.0 Å². The van der Waals surface area contributed by atoms with Crippen LogP contribution in [0.3, 0.4) is 0 Å². The average Bonchev–Trinajstić information content (AvgIpc) is 3.82. The second-order valence-corrected chi connectivity index (χ2v) is 13.7. The lowest BCUT2D eigenvalue weighted by atomic mass is 10.00. The molecular weight excluding hydrogens is 633 g/mol. The van der Waals surface area contributed by atoms with Crippen molar-refractivity contribution in [3.63, 3.8) is 0 Å². The smallest absolute Gasteiger partial charge is 0.0709 e. The van der Waals surface area contributed by atoms with Gasteiger partial charge in [-0.1, -0.05) is 115 Å². The van der Waals surface area contributed by atoms with Crippen LogP contribution >= 0.6 is 0 Å². The molecule has 0 aliphatic carbocycles. The van der Waals surface area contributed by atoms with Gasteiger partial charge in [-0.3, -0.25) is 4.68 Å². The molecule has 11 aromatic rings. The van der Waals surface area contributed by atoms with Crippen LogP contribution < -0.4 is 5.84 Å². The van der Waals surface area contributed by atoms with E-state index < -0.39 is 0 Å². The van der Waals surface area contributed by atoms with Crippen molar-refractivity contribution in [1.82, 2.24) is 13.8 Å². The summed E-state index contributed by atoms with van der Waals surface area (Å²) in [6, 6.07) is 65.7. The van der Waals surface area contributed by atoms with Crippen molar-refractivity contribution in [3.05, 3.63) is 182 Å². The van der Waals surface area contributed by atoms with E-state index in [1.165, 1.54) is 65.8 Å². The Kier molecular flexibility index (Phi) is 6.07. The third-order valence-corrected chi connectivity index (χ3v) is 10.8. The van der Waals surface area contributed by atoms with Gasteiger partial charge in [-0.15, -0.1) is 0 Å². The van der Waals surface area contributed by atoms with E-state index in [4.69, 9.17) is 5.84 Å². The normalized spacial score (nSPS) is 11.9. The summed E-state index contributed by atoms with van der Waals surface area (Å²) in [4.78, 5) is 0. The van der Waals surface area contributed by atoms with Crippen molar-refractivity contribution in [1.29, 1.82) is 0 Å². The highest BCUT2D eigenvalue weighted by Gasteiger charge is 2.17. The molecule has 0 saturated carbocycles. The number of nitrogen functional groups attached to an aromatic ring is 1. The number of nitrogens with zero attached hydrogens (tertiary/aromatic N) is 3. The predicted octanol–water partition coefficient (Wildman–Crippen LogP) is 12.0. The highest BCUT2D eigenvalue weighted by atomic mass is 15.3. The molecule has 8 aromatic carbocycles. The van der Waals surface area contributed by atoms with Gasteiger partial charge in [0.25, 0.3) is 0 Å². The van der Waals surface area contributed by atoms with E-state index in [2.05, 4.69) is 185 Å². The monoisotopic (exact) mass is 664 g/mol. The number of hydrogen-bond donors (Lipinski definition) is 1. The SMILES string of the molecule is Nn1c2ccccc2c2ccc(-c3ccc4c5ccc(-c6ccc7c(c6)c6ccccc6n7-c6ccccc6)cc5n(-c5ccccc5)c4c3)cc21. The standard InChI is InChI=1S/C48H32N4/c49-52-45-18-10-8-15-37(45)41-25-21-34(30-48(41)52)33-20-24-40-39-23-19-32(28-46(39)51(47(40)29-33)36-13-5-2-6-14-36)31-22-26-44-42(27-31)38-16-7-9-17-43(38)50(44)35-11-3-1-4-12-35/h1-30H,49H2. The van der Waals surface area contributed by atoms with Crippen LogP contribution in [0.4, 0.5) is 0 Å². The zero-order valence-corrected chi connectivity index (χ0v) is 28.2. The van der Waals surface area contributed by atoms with Crippen LogP contribution in [0.15, 0.2) is 182 Å². The van der Waals surface area contributed by atoms with Gasteiger partial charge in [0.2, 0.25) is 0 Å². The Balaban J connectivity index is 1.10. The fraction of sp³-hybridized carbons (Fsp3) is 0. The van der Waals surface area contributed by atoms with Crippen LogP contribution in [0.2, 0.25) is 0 Å². The highest BCUT2D eigenvalue weighted by molar-refractivity contribution is 6.13. The molecule has 4 heteroatoms. The van der Waals surface area contributed by atoms with Crippen molar-refractivity contribution in [2.75, 3.05) is 5.84 Å². The molecule has 0 aliphatic heterocycles. The molecule has 3 heterocycles. The third-order valence-electron chi connectivity index (χ3n) is 10.8. The summed E-state index contributed by atoms with van der Waals surface area (Å²) in [5.74, 6) is 6.62. The van der Waals surface area contributed by atoms with Crippen LogP contribution in [0.25, 0.3) is 99.0 Å². The minimum Gasteiger partial charge on any atom is -0.339 e. The third kappa shape index (κ3) is 4.15. The molecule has 3 aromatic heterocycles. The number of rotatable bonds is 4. The Morgan fingerprint density at radius 1 is 0.269 bits per heavy atom. The lowest BCUT2D eigenvalue weighted by Crippen LogP contribution is -2.06. The summed E-state index contributed by atoms with van der Waals surface area (Å²) < 4.78 is 6.59. The summed E-state index contributed by atoms with van der Waals surface area (Å²) in [7, 11) is 0. The molecule has 0 spiro atoms. The van der Waals surface area contributed by atoms with E-state index in [0.29, 0.717) is 0 Å². The van der Waals surface area contributed by atoms with E-state index in [0.717, 1.165) is 33.2 Å². The number of nitrogens with two attached hydrogens (primary N) is 1. The molecule has 0 amide bonds. The minimum atomic E-state index is 1.02. The maximum absolute atomic E-state index is 6.62. The van der Waals surface area contributed by atoms with Crippen LogP contribution in [-0.2, 0) is 0 Å². The van der Waals surface area contributed by atoms with Gasteiger partial charge in [0.15, 0.2) is 0 Å². The molecule has 0 aliphatic rings. The summed E-state index contributed by atoms with van der Waals surface area (Å²) >= 11 is 0. The molecule has 0 radical (unpaired) electrons. The topological polar surface area (TPSA) is 40.8 Å². The van der Waals surface area contributed by atoms with E-state index >= 15 is 0 Å². The van der Waals surface area contributed by atoms with Gasteiger partial charge in [0.1, 0.15) is 0 Å². The molecule has 0 unspecified atom stereocenters. The molecule has 2 N–H and O–H groups in total. The first-order valence-electron chi connectivity index (χ1n) is 17.7. The number of aromatic nitrogens is 3. The summed E-state index contributed by atoms with van der Waals surface area (Å²) in [6.07, 6.45) is 0. The first-order chi connectivity index (χ1) is 25.7. The number of para-hydroxylation sites is 4. The maximum Gasteiger partial charge on any atom is 0.0709 e. The first-order valence-corrected chi connectivity index (χ1v) is 17.7. The lowest BCUT2D eigenvalue weighted by molar-refractivity contribution is 1.12. The van der Waals surface area contributed by atoms with Crippen molar-refractivity contribution in [3.8, 4) is 33.6 Å². The fourth-order valence-electron chi connectivity index (χ4n) is 8.42. The number of hydrogen-bond acceptors (Lipinski definition) is 1. The Bertz CT molecular complexity index is 3180. The maximum atomic E-state index is 6.62. The van der Waals surface area contributed by atoms with E-state index in [9.17, 15) is 0 Å². The second-order valence-electron chi connectivity index (χ2n) is 13.7. The summed E-state index contributed by atoms with van der Waals surface area (Å²) in [6.45, 7) is 0.